The fraction of sp³-hybridized carbons (Fsp3) is 0.368. The summed E-state index contributed by atoms with van der Waals surface area (Å²) in [4.78, 5) is 3.96. The number of ether oxygens (including phenoxy) is 1. The second kappa shape index (κ2) is 6.61. The summed E-state index contributed by atoms with van der Waals surface area (Å²) in [6.45, 7) is 1.72. The lowest BCUT2D eigenvalue weighted by atomic mass is 9.73. The number of nitrogens with zero attached hydrogens (tertiary/aromatic N) is 2. The van der Waals surface area contributed by atoms with Crippen LogP contribution < -0.4 is 5.73 Å². The minimum Gasteiger partial charge on any atom is -0.381 e. The monoisotopic (exact) mass is 376 g/mol. The standard InChI is InChI=1S/C19H19F3N4O/c20-19(21,22)16-15-14(4-7-24-17(15)26-25-16)12-2-1-3-13(10-12)18(11-23)5-8-27-9-6-18/h1-4,7,10H,5-6,8-9,11,23H2,(H,24,25,26). The van der Waals surface area contributed by atoms with Crippen molar-refractivity contribution in [3.63, 3.8) is 0 Å². The number of pyridine rings is 1. The quantitative estimate of drug-likeness (QED) is 0.732. The molecule has 3 aromatic rings. The average Bonchev–Trinajstić information content (AvgIpc) is 3.13. The fourth-order valence-electron chi connectivity index (χ4n) is 3.78. The third-order valence-corrected chi connectivity index (χ3v) is 5.36. The van der Waals surface area contributed by atoms with E-state index in [0.29, 0.717) is 30.9 Å². The molecule has 1 saturated heterocycles. The maximum absolute atomic E-state index is 13.4. The number of nitrogens with one attached hydrogen (secondary N) is 1. The first-order valence-corrected chi connectivity index (χ1v) is 8.74. The van der Waals surface area contributed by atoms with Crippen molar-refractivity contribution < 1.29 is 17.9 Å². The zero-order chi connectivity index (χ0) is 19.1. The third kappa shape index (κ3) is 3.08. The number of fused-ring (bicyclic) bond motifs is 1. The number of hydrogen-bond acceptors (Lipinski definition) is 4. The average molecular weight is 376 g/mol. The van der Waals surface area contributed by atoms with Crippen molar-refractivity contribution >= 4 is 11.0 Å². The molecule has 8 heteroatoms. The molecule has 5 nitrogen and oxygen atoms in total. The van der Waals surface area contributed by atoms with Crippen molar-refractivity contribution in [2.45, 2.75) is 24.4 Å². The van der Waals surface area contributed by atoms with Gasteiger partial charge in [-0.2, -0.15) is 18.3 Å². The Bertz CT molecular complexity index is 961. The van der Waals surface area contributed by atoms with Gasteiger partial charge in [-0.25, -0.2) is 4.98 Å². The van der Waals surface area contributed by atoms with Gasteiger partial charge in [0, 0.05) is 31.4 Å². The molecule has 0 radical (unpaired) electrons. The van der Waals surface area contributed by atoms with E-state index < -0.39 is 11.9 Å². The van der Waals surface area contributed by atoms with Gasteiger partial charge in [-0.1, -0.05) is 24.3 Å². The van der Waals surface area contributed by atoms with Gasteiger partial charge in [0.1, 0.15) is 5.69 Å². The maximum atomic E-state index is 13.4. The molecule has 27 heavy (non-hydrogen) atoms. The minimum absolute atomic E-state index is 0.0177. The second-order valence-electron chi connectivity index (χ2n) is 6.83. The van der Waals surface area contributed by atoms with Gasteiger partial charge in [0.2, 0.25) is 0 Å². The summed E-state index contributed by atoms with van der Waals surface area (Å²) in [5.41, 5.74) is 7.18. The van der Waals surface area contributed by atoms with Crippen LogP contribution in [-0.2, 0) is 16.3 Å². The number of aromatic amines is 1. The Morgan fingerprint density at radius 2 is 1.96 bits per heavy atom. The Balaban J connectivity index is 1.87. The van der Waals surface area contributed by atoms with Crippen LogP contribution in [0, 0.1) is 0 Å². The van der Waals surface area contributed by atoms with E-state index in [1.54, 1.807) is 12.1 Å². The van der Waals surface area contributed by atoms with Crippen LogP contribution >= 0.6 is 0 Å². The Morgan fingerprint density at radius 1 is 1.19 bits per heavy atom. The van der Waals surface area contributed by atoms with Crippen molar-refractivity contribution in [1.82, 2.24) is 15.2 Å². The van der Waals surface area contributed by atoms with Crippen molar-refractivity contribution in [3.05, 3.63) is 47.8 Å². The summed E-state index contributed by atoms with van der Waals surface area (Å²) in [6, 6.07) is 9.16. The molecule has 0 aliphatic carbocycles. The molecule has 0 atom stereocenters. The molecule has 0 bridgehead atoms. The van der Waals surface area contributed by atoms with E-state index in [2.05, 4.69) is 15.2 Å². The lowest BCUT2D eigenvalue weighted by molar-refractivity contribution is -0.139. The highest BCUT2D eigenvalue weighted by Gasteiger charge is 2.37. The van der Waals surface area contributed by atoms with Crippen LogP contribution in [0.4, 0.5) is 13.2 Å². The van der Waals surface area contributed by atoms with Gasteiger partial charge in [0.05, 0.1) is 5.39 Å². The zero-order valence-electron chi connectivity index (χ0n) is 14.5. The first-order chi connectivity index (χ1) is 12.9. The maximum Gasteiger partial charge on any atom is 0.433 e. The largest absolute Gasteiger partial charge is 0.433 e. The number of benzene rings is 1. The summed E-state index contributed by atoms with van der Waals surface area (Å²) in [5, 5.41) is 5.79. The molecule has 1 aliphatic heterocycles. The van der Waals surface area contributed by atoms with E-state index in [1.807, 2.05) is 18.2 Å². The van der Waals surface area contributed by atoms with Gasteiger partial charge < -0.3 is 10.5 Å². The lowest BCUT2D eigenvalue weighted by Crippen LogP contribution is -2.40. The Hall–Kier alpha value is -2.45. The van der Waals surface area contributed by atoms with Crippen molar-refractivity contribution in [1.29, 1.82) is 0 Å². The first kappa shape index (κ1) is 17.9. The van der Waals surface area contributed by atoms with Gasteiger partial charge in [0.15, 0.2) is 5.65 Å². The van der Waals surface area contributed by atoms with Crippen LogP contribution in [0.15, 0.2) is 36.5 Å². The SMILES string of the molecule is NCC1(c2cccc(-c3ccnc4n[nH]c(C(F)(F)F)c34)c2)CCOCC1. The highest BCUT2D eigenvalue weighted by Crippen LogP contribution is 2.40. The molecular weight excluding hydrogens is 357 g/mol. The summed E-state index contributed by atoms with van der Waals surface area (Å²) >= 11 is 0. The third-order valence-electron chi connectivity index (χ3n) is 5.36. The summed E-state index contributed by atoms with van der Waals surface area (Å²) in [6.07, 6.45) is -1.49. The predicted octanol–water partition coefficient (Wildman–Crippen LogP) is 3.65. The molecular formula is C19H19F3N4O. The van der Waals surface area contributed by atoms with Gasteiger partial charge >= 0.3 is 6.18 Å². The van der Waals surface area contributed by atoms with Crippen molar-refractivity contribution in [2.24, 2.45) is 5.73 Å². The van der Waals surface area contributed by atoms with Crippen molar-refractivity contribution in [2.75, 3.05) is 19.8 Å². The normalized spacial score (nSPS) is 17.3. The molecule has 3 N–H and O–H groups in total. The van der Waals surface area contributed by atoms with E-state index in [4.69, 9.17) is 10.5 Å². The number of halogens is 3. The van der Waals surface area contributed by atoms with E-state index in [9.17, 15) is 13.2 Å². The van der Waals surface area contributed by atoms with Crippen LogP contribution in [0.3, 0.4) is 0 Å². The Labute approximate surface area is 153 Å². The lowest BCUT2D eigenvalue weighted by Gasteiger charge is -2.37. The zero-order valence-corrected chi connectivity index (χ0v) is 14.5. The smallest absolute Gasteiger partial charge is 0.381 e. The van der Waals surface area contributed by atoms with E-state index in [-0.39, 0.29) is 16.4 Å². The molecule has 4 rings (SSSR count). The van der Waals surface area contributed by atoms with Crippen LogP contribution in [0.5, 0.6) is 0 Å². The number of aromatic nitrogens is 3. The number of hydrogen-bond donors (Lipinski definition) is 2. The number of nitrogens with two attached hydrogens (primary N) is 1. The van der Waals surface area contributed by atoms with E-state index in [0.717, 1.165) is 18.4 Å². The molecule has 0 amide bonds. The minimum atomic E-state index is -4.54. The topological polar surface area (TPSA) is 76.8 Å². The van der Waals surface area contributed by atoms with Crippen LogP contribution in [0.1, 0.15) is 24.1 Å². The molecule has 2 aromatic heterocycles. The predicted molar refractivity (Wildman–Crippen MR) is 95.1 cm³/mol. The van der Waals surface area contributed by atoms with E-state index >= 15 is 0 Å². The highest BCUT2D eigenvalue weighted by molar-refractivity contribution is 5.94. The number of H-pyrrole nitrogens is 1. The van der Waals surface area contributed by atoms with Gasteiger partial charge in [-0.05, 0) is 35.6 Å². The molecule has 142 valence electrons. The van der Waals surface area contributed by atoms with Crippen LogP contribution in [0.25, 0.3) is 22.2 Å². The van der Waals surface area contributed by atoms with Crippen LogP contribution in [0.2, 0.25) is 0 Å². The molecule has 0 spiro atoms. The van der Waals surface area contributed by atoms with E-state index in [1.165, 1.54) is 6.20 Å². The van der Waals surface area contributed by atoms with Gasteiger partial charge in [0.25, 0.3) is 0 Å². The molecule has 1 aromatic carbocycles. The molecule has 0 saturated carbocycles. The summed E-state index contributed by atoms with van der Waals surface area (Å²) in [7, 11) is 0. The molecule has 0 unspecified atom stereocenters. The summed E-state index contributed by atoms with van der Waals surface area (Å²) < 4.78 is 45.7. The molecule has 3 heterocycles. The number of rotatable bonds is 3. The van der Waals surface area contributed by atoms with Crippen molar-refractivity contribution in [3.8, 4) is 11.1 Å². The highest BCUT2D eigenvalue weighted by atomic mass is 19.4. The Morgan fingerprint density at radius 3 is 2.67 bits per heavy atom. The van der Waals surface area contributed by atoms with Crippen LogP contribution in [-0.4, -0.2) is 34.9 Å². The fourth-order valence-corrected chi connectivity index (χ4v) is 3.78. The van der Waals surface area contributed by atoms with Gasteiger partial charge in [-0.3, -0.25) is 5.10 Å². The molecule has 1 fully saturated rings. The first-order valence-electron chi connectivity index (χ1n) is 8.74. The number of alkyl halides is 3. The summed E-state index contributed by atoms with van der Waals surface area (Å²) in [5.74, 6) is 0. The Kier molecular flexibility index (Phi) is 4.39. The van der Waals surface area contributed by atoms with Gasteiger partial charge in [-0.15, -0.1) is 0 Å². The second-order valence-corrected chi connectivity index (χ2v) is 6.83. The molecule has 1 aliphatic rings.